The van der Waals surface area contributed by atoms with Crippen molar-refractivity contribution in [2.75, 3.05) is 36.8 Å². The van der Waals surface area contributed by atoms with Crippen LogP contribution in [0.3, 0.4) is 0 Å². The number of hydrogen-bond donors (Lipinski definition) is 1. The summed E-state index contributed by atoms with van der Waals surface area (Å²) < 4.78 is 0. The molecular weight excluding hydrogens is 276 g/mol. The van der Waals surface area contributed by atoms with Gasteiger partial charge in [0.1, 0.15) is 5.82 Å². The van der Waals surface area contributed by atoms with Crippen molar-refractivity contribution in [3.05, 3.63) is 54.2 Å². The lowest BCUT2D eigenvalue weighted by Crippen LogP contribution is -2.49. The highest BCUT2D eigenvalue weighted by atomic mass is 16.2. The number of carbonyl (C=O) groups is 1. The van der Waals surface area contributed by atoms with E-state index in [0.717, 1.165) is 37.4 Å². The molecule has 0 spiro atoms. The van der Waals surface area contributed by atoms with E-state index in [-0.39, 0.29) is 5.91 Å². The van der Waals surface area contributed by atoms with Crippen molar-refractivity contribution >= 4 is 17.4 Å². The lowest BCUT2D eigenvalue weighted by Gasteiger charge is -2.36. The van der Waals surface area contributed by atoms with Gasteiger partial charge in [-0.25, -0.2) is 4.98 Å². The molecule has 1 amide bonds. The van der Waals surface area contributed by atoms with Crippen LogP contribution in [0.1, 0.15) is 5.56 Å². The van der Waals surface area contributed by atoms with Crippen LogP contribution in [0.2, 0.25) is 0 Å². The molecule has 2 aromatic rings. The Morgan fingerprint density at radius 2 is 1.77 bits per heavy atom. The van der Waals surface area contributed by atoms with Crippen molar-refractivity contribution in [1.29, 1.82) is 0 Å². The van der Waals surface area contributed by atoms with Crippen LogP contribution in [-0.4, -0.2) is 42.0 Å². The predicted molar refractivity (Wildman–Crippen MR) is 87.6 cm³/mol. The molecule has 2 N–H and O–H groups in total. The minimum Gasteiger partial charge on any atom is -0.384 e. The van der Waals surface area contributed by atoms with E-state index in [0.29, 0.717) is 12.2 Å². The number of amides is 1. The Balaban J connectivity index is 1.55. The molecule has 3 rings (SSSR count). The van der Waals surface area contributed by atoms with Crippen molar-refractivity contribution in [3.63, 3.8) is 0 Å². The number of carbonyl (C=O) groups excluding carboxylic acids is 1. The second kappa shape index (κ2) is 6.47. The summed E-state index contributed by atoms with van der Waals surface area (Å²) in [7, 11) is 0. The molecule has 0 bridgehead atoms. The lowest BCUT2D eigenvalue weighted by molar-refractivity contribution is -0.130. The average Bonchev–Trinajstić information content (AvgIpc) is 2.57. The van der Waals surface area contributed by atoms with Gasteiger partial charge in [-0.1, -0.05) is 30.3 Å². The van der Waals surface area contributed by atoms with Gasteiger partial charge in [-0.3, -0.25) is 4.79 Å². The summed E-state index contributed by atoms with van der Waals surface area (Å²) in [5, 5.41) is 0. The highest BCUT2D eigenvalue weighted by Gasteiger charge is 2.21. The van der Waals surface area contributed by atoms with Gasteiger partial charge in [-0.15, -0.1) is 0 Å². The largest absolute Gasteiger partial charge is 0.384 e. The predicted octanol–water partition coefficient (Wildman–Crippen LogP) is 1.56. The number of benzene rings is 1. The summed E-state index contributed by atoms with van der Waals surface area (Å²) >= 11 is 0. The second-order valence-electron chi connectivity index (χ2n) is 5.47. The number of piperazine rings is 1. The van der Waals surface area contributed by atoms with E-state index in [4.69, 9.17) is 5.73 Å². The summed E-state index contributed by atoms with van der Waals surface area (Å²) in [6.45, 7) is 3.14. The Hall–Kier alpha value is -2.56. The molecule has 1 fully saturated rings. The van der Waals surface area contributed by atoms with E-state index in [1.54, 1.807) is 6.20 Å². The molecule has 2 heterocycles. The van der Waals surface area contributed by atoms with Crippen LogP contribution in [0.4, 0.5) is 11.5 Å². The first kappa shape index (κ1) is 14.4. The van der Waals surface area contributed by atoms with Crippen LogP contribution in [-0.2, 0) is 11.2 Å². The van der Waals surface area contributed by atoms with Gasteiger partial charge in [0.05, 0.1) is 18.3 Å². The van der Waals surface area contributed by atoms with E-state index in [2.05, 4.69) is 9.88 Å². The van der Waals surface area contributed by atoms with Gasteiger partial charge in [-0.2, -0.15) is 0 Å². The molecule has 1 aliphatic rings. The first-order valence-corrected chi connectivity index (χ1v) is 7.50. The highest BCUT2D eigenvalue weighted by Crippen LogP contribution is 2.16. The minimum absolute atomic E-state index is 0.196. The highest BCUT2D eigenvalue weighted by molar-refractivity contribution is 5.79. The molecule has 0 atom stereocenters. The fraction of sp³-hybridized carbons (Fsp3) is 0.294. The number of pyridine rings is 1. The van der Waals surface area contributed by atoms with Gasteiger partial charge in [0, 0.05) is 26.2 Å². The average molecular weight is 296 g/mol. The molecule has 0 radical (unpaired) electrons. The molecule has 1 aliphatic heterocycles. The number of nitrogens with two attached hydrogens (primary N) is 1. The van der Waals surface area contributed by atoms with E-state index in [1.807, 2.05) is 47.4 Å². The zero-order chi connectivity index (χ0) is 15.4. The molecule has 5 heteroatoms. The number of hydrogen-bond acceptors (Lipinski definition) is 4. The van der Waals surface area contributed by atoms with Crippen molar-refractivity contribution in [3.8, 4) is 0 Å². The molecule has 0 aliphatic carbocycles. The van der Waals surface area contributed by atoms with Crippen LogP contribution in [0.15, 0.2) is 48.7 Å². The smallest absolute Gasteiger partial charge is 0.227 e. The van der Waals surface area contributed by atoms with E-state index >= 15 is 0 Å². The molecule has 0 unspecified atom stereocenters. The summed E-state index contributed by atoms with van der Waals surface area (Å²) in [6.07, 6.45) is 2.26. The molecule has 1 saturated heterocycles. The Morgan fingerprint density at radius 1 is 1.05 bits per heavy atom. The molecule has 114 valence electrons. The minimum atomic E-state index is 0.196. The zero-order valence-electron chi connectivity index (χ0n) is 12.5. The van der Waals surface area contributed by atoms with Gasteiger partial charge in [0.25, 0.3) is 0 Å². The lowest BCUT2D eigenvalue weighted by atomic mass is 10.1. The maximum Gasteiger partial charge on any atom is 0.227 e. The van der Waals surface area contributed by atoms with Gasteiger partial charge < -0.3 is 15.5 Å². The molecule has 5 nitrogen and oxygen atoms in total. The molecule has 1 aromatic heterocycles. The fourth-order valence-electron chi connectivity index (χ4n) is 2.68. The van der Waals surface area contributed by atoms with Crippen LogP contribution >= 0.6 is 0 Å². The number of nitrogen functional groups attached to an aromatic ring is 1. The monoisotopic (exact) mass is 296 g/mol. The van der Waals surface area contributed by atoms with Crippen molar-refractivity contribution in [2.24, 2.45) is 0 Å². The maximum atomic E-state index is 12.3. The topological polar surface area (TPSA) is 62.5 Å². The van der Waals surface area contributed by atoms with E-state index < -0.39 is 0 Å². The quantitative estimate of drug-likeness (QED) is 0.933. The molecule has 0 saturated carbocycles. The Bertz CT molecular complexity index is 619. The van der Waals surface area contributed by atoms with Crippen LogP contribution in [0.25, 0.3) is 0 Å². The normalized spacial score (nSPS) is 14.9. The van der Waals surface area contributed by atoms with Gasteiger partial charge >= 0.3 is 0 Å². The number of nitrogens with zero attached hydrogens (tertiary/aromatic N) is 3. The van der Waals surface area contributed by atoms with Crippen molar-refractivity contribution < 1.29 is 4.79 Å². The number of aromatic nitrogens is 1. The first-order valence-electron chi connectivity index (χ1n) is 7.50. The standard InChI is InChI=1S/C17H20N4O/c18-16-7-6-15(13-19-16)20-8-10-21(11-9-20)17(22)12-14-4-2-1-3-5-14/h1-7,13H,8-12H2,(H2,18,19). The van der Waals surface area contributed by atoms with Gasteiger partial charge in [0.2, 0.25) is 5.91 Å². The molecule has 1 aromatic carbocycles. The van der Waals surface area contributed by atoms with Crippen molar-refractivity contribution in [2.45, 2.75) is 6.42 Å². The summed E-state index contributed by atoms with van der Waals surface area (Å²) in [6, 6.07) is 13.7. The third kappa shape index (κ3) is 3.36. The Kier molecular flexibility index (Phi) is 4.23. The zero-order valence-corrected chi connectivity index (χ0v) is 12.5. The maximum absolute atomic E-state index is 12.3. The number of anilines is 2. The number of rotatable bonds is 3. The van der Waals surface area contributed by atoms with Crippen LogP contribution in [0.5, 0.6) is 0 Å². The van der Waals surface area contributed by atoms with Crippen molar-refractivity contribution in [1.82, 2.24) is 9.88 Å². The second-order valence-corrected chi connectivity index (χ2v) is 5.47. The molecule has 22 heavy (non-hydrogen) atoms. The van der Waals surface area contributed by atoms with E-state index in [1.165, 1.54) is 0 Å². The SMILES string of the molecule is Nc1ccc(N2CCN(C(=O)Cc3ccccc3)CC2)cn1. The third-order valence-corrected chi connectivity index (χ3v) is 3.97. The summed E-state index contributed by atoms with van der Waals surface area (Å²) in [5.74, 6) is 0.724. The Morgan fingerprint density at radius 3 is 2.41 bits per heavy atom. The first-order chi connectivity index (χ1) is 10.7. The fourth-order valence-corrected chi connectivity index (χ4v) is 2.68. The third-order valence-electron chi connectivity index (χ3n) is 3.97. The van der Waals surface area contributed by atoms with Gasteiger partial charge in [-0.05, 0) is 17.7 Å². The van der Waals surface area contributed by atoms with Gasteiger partial charge in [0.15, 0.2) is 0 Å². The molecular formula is C17H20N4O. The van der Waals surface area contributed by atoms with Crippen LogP contribution in [0, 0.1) is 0 Å². The van der Waals surface area contributed by atoms with E-state index in [9.17, 15) is 4.79 Å². The Labute approximate surface area is 130 Å². The van der Waals surface area contributed by atoms with Crippen LogP contribution < -0.4 is 10.6 Å². The summed E-state index contributed by atoms with van der Waals surface area (Å²) in [4.78, 5) is 20.6. The summed E-state index contributed by atoms with van der Waals surface area (Å²) in [5.41, 5.74) is 7.74.